The van der Waals surface area contributed by atoms with Crippen LogP contribution in [-0.4, -0.2) is 29.6 Å². The Labute approximate surface area is 120 Å². The molecule has 0 spiro atoms. The smallest absolute Gasteiger partial charge is 0.243 e. The van der Waals surface area contributed by atoms with E-state index in [0.29, 0.717) is 6.54 Å². The first kappa shape index (κ1) is 15.5. The quantitative estimate of drug-likeness (QED) is 0.818. The largest absolute Gasteiger partial charge is 0.391 e. The number of hydrogen-bond acceptors (Lipinski definition) is 4. The van der Waals surface area contributed by atoms with E-state index in [1.54, 1.807) is 17.0 Å². The minimum absolute atomic E-state index is 0.0178. The Morgan fingerprint density at radius 2 is 2.10 bits per heavy atom. The van der Waals surface area contributed by atoms with Gasteiger partial charge < -0.3 is 9.67 Å². The fourth-order valence-electron chi connectivity index (χ4n) is 1.73. The van der Waals surface area contributed by atoms with E-state index in [0.717, 1.165) is 12.1 Å². The second-order valence-corrected chi connectivity index (χ2v) is 5.93. The zero-order chi connectivity index (χ0) is 15.5. The van der Waals surface area contributed by atoms with Crippen LogP contribution < -0.4 is 4.72 Å². The molecule has 9 heteroatoms. The Hall–Kier alpha value is -1.84. The number of hydrogen-bond donors (Lipinski definition) is 2. The van der Waals surface area contributed by atoms with Crippen LogP contribution in [0.2, 0.25) is 0 Å². The number of nitrogens with zero attached hydrogens (tertiary/aromatic N) is 2. The number of imidazole rings is 1. The lowest BCUT2D eigenvalue weighted by atomic mass is 10.2. The first-order valence-corrected chi connectivity index (χ1v) is 7.47. The van der Waals surface area contributed by atoms with Crippen LogP contribution in [0.1, 0.15) is 5.56 Å². The standard InChI is InChI=1S/C12H13F2N3O3S/c13-10-1-2-11(12(14)9(10)7-18)21(19,20)16-4-6-17-5-3-15-8-17/h1-3,5,8,16,18H,4,6-7H2. The van der Waals surface area contributed by atoms with Crippen molar-refractivity contribution in [2.45, 2.75) is 18.0 Å². The topological polar surface area (TPSA) is 84.2 Å². The molecule has 0 fully saturated rings. The number of sulfonamides is 1. The third-order valence-corrected chi connectivity index (χ3v) is 4.30. The molecule has 21 heavy (non-hydrogen) atoms. The Morgan fingerprint density at radius 1 is 1.33 bits per heavy atom. The Balaban J connectivity index is 2.16. The highest BCUT2D eigenvalue weighted by Gasteiger charge is 2.22. The number of aliphatic hydroxyl groups excluding tert-OH is 1. The van der Waals surface area contributed by atoms with Crippen molar-refractivity contribution in [1.29, 1.82) is 0 Å². The molecule has 0 bridgehead atoms. The van der Waals surface area contributed by atoms with Gasteiger partial charge in [-0.1, -0.05) is 0 Å². The maximum Gasteiger partial charge on any atom is 0.243 e. The van der Waals surface area contributed by atoms with Crippen LogP contribution in [0.3, 0.4) is 0 Å². The van der Waals surface area contributed by atoms with Crippen LogP contribution >= 0.6 is 0 Å². The molecule has 0 aliphatic heterocycles. The van der Waals surface area contributed by atoms with Crippen molar-refractivity contribution < 1.29 is 22.3 Å². The van der Waals surface area contributed by atoms with Crippen molar-refractivity contribution in [2.24, 2.45) is 0 Å². The van der Waals surface area contributed by atoms with Gasteiger partial charge in [-0.25, -0.2) is 26.9 Å². The molecule has 114 valence electrons. The summed E-state index contributed by atoms with van der Waals surface area (Å²) < 4.78 is 54.9. The van der Waals surface area contributed by atoms with Crippen molar-refractivity contribution in [3.05, 3.63) is 48.1 Å². The van der Waals surface area contributed by atoms with E-state index < -0.39 is 38.7 Å². The molecule has 2 N–H and O–H groups in total. The fraction of sp³-hybridized carbons (Fsp3) is 0.250. The number of nitrogens with one attached hydrogen (secondary N) is 1. The molecule has 2 rings (SSSR count). The average molecular weight is 317 g/mol. The number of aliphatic hydroxyl groups is 1. The minimum atomic E-state index is -4.13. The number of rotatable bonds is 6. The van der Waals surface area contributed by atoms with E-state index in [1.165, 1.54) is 6.33 Å². The fourth-order valence-corrected chi connectivity index (χ4v) is 2.86. The summed E-state index contributed by atoms with van der Waals surface area (Å²) in [5.41, 5.74) is -0.674. The van der Waals surface area contributed by atoms with Gasteiger partial charge in [-0.3, -0.25) is 0 Å². The summed E-state index contributed by atoms with van der Waals surface area (Å²) >= 11 is 0. The third-order valence-electron chi connectivity index (χ3n) is 2.82. The zero-order valence-electron chi connectivity index (χ0n) is 10.8. The molecule has 0 aliphatic rings. The lowest BCUT2D eigenvalue weighted by molar-refractivity contribution is 0.267. The summed E-state index contributed by atoms with van der Waals surface area (Å²) in [6.45, 7) is -0.588. The number of aromatic nitrogens is 2. The van der Waals surface area contributed by atoms with E-state index in [4.69, 9.17) is 5.11 Å². The SMILES string of the molecule is O=S(=O)(NCCn1ccnc1)c1ccc(F)c(CO)c1F. The summed E-state index contributed by atoms with van der Waals surface area (Å²) in [6, 6.07) is 1.63. The molecule has 1 aromatic heterocycles. The molecule has 0 saturated carbocycles. The van der Waals surface area contributed by atoms with Crippen molar-refractivity contribution in [3.63, 3.8) is 0 Å². The molecular weight excluding hydrogens is 304 g/mol. The van der Waals surface area contributed by atoms with Gasteiger partial charge in [0.05, 0.1) is 18.5 Å². The molecule has 2 aromatic rings. The van der Waals surface area contributed by atoms with Gasteiger partial charge in [-0.05, 0) is 12.1 Å². The molecule has 0 amide bonds. The summed E-state index contributed by atoms with van der Waals surface area (Å²) in [6.07, 6.45) is 4.70. The summed E-state index contributed by atoms with van der Waals surface area (Å²) in [7, 11) is -4.13. The Bertz CT molecular complexity index is 718. The van der Waals surface area contributed by atoms with Gasteiger partial charge in [0.1, 0.15) is 10.7 Å². The van der Waals surface area contributed by atoms with Crippen LogP contribution in [0, 0.1) is 11.6 Å². The molecule has 1 heterocycles. The number of halogens is 2. The van der Waals surface area contributed by atoms with Crippen molar-refractivity contribution in [1.82, 2.24) is 14.3 Å². The first-order valence-electron chi connectivity index (χ1n) is 5.99. The van der Waals surface area contributed by atoms with Gasteiger partial charge in [-0.15, -0.1) is 0 Å². The highest BCUT2D eigenvalue weighted by atomic mass is 32.2. The van der Waals surface area contributed by atoms with Crippen LogP contribution in [0.5, 0.6) is 0 Å². The van der Waals surface area contributed by atoms with E-state index >= 15 is 0 Å². The highest BCUT2D eigenvalue weighted by molar-refractivity contribution is 7.89. The molecule has 1 aromatic carbocycles. The maximum absolute atomic E-state index is 13.9. The molecule has 6 nitrogen and oxygen atoms in total. The van der Waals surface area contributed by atoms with E-state index in [2.05, 4.69) is 9.71 Å². The maximum atomic E-state index is 13.9. The van der Waals surface area contributed by atoms with Gasteiger partial charge in [0.2, 0.25) is 10.0 Å². The predicted octanol–water partition coefficient (Wildman–Crippen LogP) is 0.632. The lowest BCUT2D eigenvalue weighted by Crippen LogP contribution is -2.28. The first-order chi connectivity index (χ1) is 9.95. The van der Waals surface area contributed by atoms with Crippen LogP contribution in [0.15, 0.2) is 35.7 Å². The molecule has 0 aliphatic carbocycles. The lowest BCUT2D eigenvalue weighted by Gasteiger charge is -2.10. The van der Waals surface area contributed by atoms with Gasteiger partial charge in [0, 0.05) is 25.5 Å². The predicted molar refractivity (Wildman–Crippen MR) is 69.7 cm³/mol. The molecule has 0 saturated heterocycles. The zero-order valence-corrected chi connectivity index (χ0v) is 11.6. The summed E-state index contributed by atoms with van der Waals surface area (Å²) in [5, 5.41) is 8.89. The second-order valence-electron chi connectivity index (χ2n) is 4.19. The Kier molecular flexibility index (Phi) is 4.66. The van der Waals surface area contributed by atoms with Gasteiger partial charge in [0.25, 0.3) is 0 Å². The van der Waals surface area contributed by atoms with Crippen LogP contribution in [0.25, 0.3) is 0 Å². The minimum Gasteiger partial charge on any atom is -0.391 e. The highest BCUT2D eigenvalue weighted by Crippen LogP contribution is 2.20. The molecule has 0 atom stereocenters. The van der Waals surface area contributed by atoms with Crippen LogP contribution in [-0.2, 0) is 23.2 Å². The summed E-state index contributed by atoms with van der Waals surface area (Å²) in [5.74, 6) is -2.28. The van der Waals surface area contributed by atoms with Crippen molar-refractivity contribution in [3.8, 4) is 0 Å². The summed E-state index contributed by atoms with van der Waals surface area (Å²) in [4.78, 5) is 3.10. The normalized spacial score (nSPS) is 11.8. The molecule has 0 unspecified atom stereocenters. The van der Waals surface area contributed by atoms with Gasteiger partial charge >= 0.3 is 0 Å². The van der Waals surface area contributed by atoms with Crippen molar-refractivity contribution >= 4 is 10.0 Å². The van der Waals surface area contributed by atoms with Gasteiger partial charge in [0.15, 0.2) is 5.82 Å². The Morgan fingerprint density at radius 3 is 2.71 bits per heavy atom. The van der Waals surface area contributed by atoms with Gasteiger partial charge in [-0.2, -0.15) is 0 Å². The molecular formula is C12H13F2N3O3S. The van der Waals surface area contributed by atoms with E-state index in [9.17, 15) is 17.2 Å². The van der Waals surface area contributed by atoms with Crippen LogP contribution in [0.4, 0.5) is 8.78 Å². The van der Waals surface area contributed by atoms with E-state index in [-0.39, 0.29) is 6.54 Å². The molecule has 0 radical (unpaired) electrons. The number of benzene rings is 1. The second kappa shape index (κ2) is 6.29. The third kappa shape index (κ3) is 3.43. The van der Waals surface area contributed by atoms with Crippen molar-refractivity contribution in [2.75, 3.05) is 6.54 Å². The average Bonchev–Trinajstić information content (AvgIpc) is 2.92. The monoisotopic (exact) mass is 317 g/mol. The van der Waals surface area contributed by atoms with E-state index in [1.807, 2.05) is 0 Å².